The Labute approximate surface area is 70.1 Å². The van der Waals surface area contributed by atoms with Crippen LogP contribution in [0.4, 0.5) is 0 Å². The monoisotopic (exact) mass is 159 g/mol. The summed E-state index contributed by atoms with van der Waals surface area (Å²) in [6.07, 6.45) is 3.14. The van der Waals surface area contributed by atoms with Crippen molar-refractivity contribution in [3.8, 4) is 0 Å². The van der Waals surface area contributed by atoms with Crippen LogP contribution in [-0.4, -0.2) is 18.8 Å². The Hall–Kier alpha value is -0.0800. The van der Waals surface area contributed by atoms with Crippen molar-refractivity contribution >= 4 is 0 Å². The Kier molecular flexibility index (Phi) is 5.51. The van der Waals surface area contributed by atoms with E-state index in [-0.39, 0.29) is 5.54 Å². The van der Waals surface area contributed by atoms with Gasteiger partial charge in [0.15, 0.2) is 0 Å². The van der Waals surface area contributed by atoms with Gasteiger partial charge in [0.1, 0.15) is 0 Å². The molecular weight excluding hydrogens is 138 g/mol. The molecule has 68 valence electrons. The predicted octanol–water partition coefficient (Wildman–Crippen LogP) is 1.93. The summed E-state index contributed by atoms with van der Waals surface area (Å²) in [5.41, 5.74) is 6.07. The van der Waals surface area contributed by atoms with Crippen molar-refractivity contribution in [2.24, 2.45) is 5.73 Å². The van der Waals surface area contributed by atoms with Crippen LogP contribution in [0.3, 0.4) is 0 Å². The Bertz CT molecular complexity index is 87.6. The number of hydrogen-bond donors (Lipinski definition) is 1. The van der Waals surface area contributed by atoms with E-state index in [1.54, 1.807) is 0 Å². The van der Waals surface area contributed by atoms with Crippen LogP contribution in [0.25, 0.3) is 0 Å². The molecule has 0 atom stereocenters. The molecule has 0 unspecified atom stereocenters. The highest BCUT2D eigenvalue weighted by Gasteiger charge is 2.24. The van der Waals surface area contributed by atoms with E-state index in [1.165, 1.54) is 0 Å². The van der Waals surface area contributed by atoms with Crippen molar-refractivity contribution < 1.29 is 4.74 Å². The SMILES string of the molecule is CC.CCC1(N)CCOCC1. The summed E-state index contributed by atoms with van der Waals surface area (Å²) in [6.45, 7) is 7.85. The first-order chi connectivity index (χ1) is 5.27. The molecule has 0 spiro atoms. The normalized spacial score (nSPS) is 21.8. The van der Waals surface area contributed by atoms with Crippen LogP contribution >= 0.6 is 0 Å². The average Bonchev–Trinajstić information content (AvgIpc) is 2.10. The van der Waals surface area contributed by atoms with Gasteiger partial charge in [-0.1, -0.05) is 20.8 Å². The molecule has 2 N–H and O–H groups in total. The maximum atomic E-state index is 5.98. The largest absolute Gasteiger partial charge is 0.381 e. The molecule has 0 aromatic heterocycles. The van der Waals surface area contributed by atoms with Crippen LogP contribution in [0.5, 0.6) is 0 Å². The maximum absolute atomic E-state index is 5.98. The second kappa shape index (κ2) is 5.56. The van der Waals surface area contributed by atoms with E-state index in [4.69, 9.17) is 10.5 Å². The molecule has 0 aromatic carbocycles. The Morgan fingerprint density at radius 1 is 1.27 bits per heavy atom. The zero-order valence-electron chi connectivity index (χ0n) is 8.02. The lowest BCUT2D eigenvalue weighted by atomic mass is 9.89. The molecule has 0 amide bonds. The molecule has 0 radical (unpaired) electrons. The minimum Gasteiger partial charge on any atom is -0.381 e. The van der Waals surface area contributed by atoms with Crippen molar-refractivity contribution in [3.05, 3.63) is 0 Å². The van der Waals surface area contributed by atoms with Crippen LogP contribution < -0.4 is 5.73 Å². The van der Waals surface area contributed by atoms with Gasteiger partial charge < -0.3 is 10.5 Å². The second-order valence-corrected chi connectivity index (χ2v) is 2.83. The van der Waals surface area contributed by atoms with E-state index in [0.29, 0.717) is 0 Å². The smallest absolute Gasteiger partial charge is 0.0483 e. The third-order valence-corrected chi connectivity index (χ3v) is 2.19. The molecule has 0 aliphatic carbocycles. The molecule has 0 saturated carbocycles. The van der Waals surface area contributed by atoms with Gasteiger partial charge in [-0.05, 0) is 19.3 Å². The molecule has 1 saturated heterocycles. The topological polar surface area (TPSA) is 35.2 Å². The number of nitrogens with two attached hydrogens (primary N) is 1. The lowest BCUT2D eigenvalue weighted by Gasteiger charge is -2.31. The minimum absolute atomic E-state index is 0.0955. The third-order valence-electron chi connectivity index (χ3n) is 2.19. The second-order valence-electron chi connectivity index (χ2n) is 2.83. The third kappa shape index (κ3) is 3.73. The zero-order valence-corrected chi connectivity index (χ0v) is 8.02. The van der Waals surface area contributed by atoms with Crippen molar-refractivity contribution in [3.63, 3.8) is 0 Å². The van der Waals surface area contributed by atoms with Gasteiger partial charge in [0, 0.05) is 18.8 Å². The summed E-state index contributed by atoms with van der Waals surface area (Å²) in [4.78, 5) is 0. The summed E-state index contributed by atoms with van der Waals surface area (Å²) in [6, 6.07) is 0. The van der Waals surface area contributed by atoms with Gasteiger partial charge in [0.2, 0.25) is 0 Å². The average molecular weight is 159 g/mol. The van der Waals surface area contributed by atoms with Gasteiger partial charge in [-0.25, -0.2) is 0 Å². The van der Waals surface area contributed by atoms with E-state index >= 15 is 0 Å². The van der Waals surface area contributed by atoms with Crippen LogP contribution in [0.2, 0.25) is 0 Å². The number of hydrogen-bond acceptors (Lipinski definition) is 2. The first kappa shape index (κ1) is 10.9. The summed E-state index contributed by atoms with van der Waals surface area (Å²) in [5, 5.41) is 0. The number of ether oxygens (including phenoxy) is 1. The van der Waals surface area contributed by atoms with Gasteiger partial charge in [-0.3, -0.25) is 0 Å². The summed E-state index contributed by atoms with van der Waals surface area (Å²) >= 11 is 0. The van der Waals surface area contributed by atoms with E-state index in [0.717, 1.165) is 32.5 Å². The molecule has 2 nitrogen and oxygen atoms in total. The van der Waals surface area contributed by atoms with Gasteiger partial charge in [-0.2, -0.15) is 0 Å². The summed E-state index contributed by atoms with van der Waals surface area (Å²) < 4.78 is 5.19. The van der Waals surface area contributed by atoms with Gasteiger partial charge in [0.05, 0.1) is 0 Å². The van der Waals surface area contributed by atoms with Crippen LogP contribution in [0.15, 0.2) is 0 Å². The van der Waals surface area contributed by atoms with Crippen molar-refractivity contribution in [2.75, 3.05) is 13.2 Å². The molecule has 1 aliphatic heterocycles. The van der Waals surface area contributed by atoms with E-state index in [9.17, 15) is 0 Å². The molecule has 1 aliphatic rings. The maximum Gasteiger partial charge on any atom is 0.0483 e. The lowest BCUT2D eigenvalue weighted by Crippen LogP contribution is -2.44. The highest BCUT2D eigenvalue weighted by molar-refractivity contribution is 4.84. The minimum atomic E-state index is 0.0955. The molecule has 2 heteroatoms. The fourth-order valence-electron chi connectivity index (χ4n) is 1.13. The Morgan fingerprint density at radius 2 is 1.73 bits per heavy atom. The Balaban J connectivity index is 0.000000461. The van der Waals surface area contributed by atoms with Crippen molar-refractivity contribution in [1.82, 2.24) is 0 Å². The molecule has 1 fully saturated rings. The highest BCUT2D eigenvalue weighted by Crippen LogP contribution is 2.20. The van der Waals surface area contributed by atoms with E-state index in [2.05, 4.69) is 6.92 Å². The first-order valence-corrected chi connectivity index (χ1v) is 4.63. The van der Waals surface area contributed by atoms with Crippen molar-refractivity contribution in [1.29, 1.82) is 0 Å². The highest BCUT2D eigenvalue weighted by atomic mass is 16.5. The molecular formula is C9H21NO. The van der Waals surface area contributed by atoms with Gasteiger partial charge in [0.25, 0.3) is 0 Å². The van der Waals surface area contributed by atoms with Crippen LogP contribution in [-0.2, 0) is 4.74 Å². The van der Waals surface area contributed by atoms with Crippen LogP contribution in [0, 0.1) is 0 Å². The molecule has 0 bridgehead atoms. The molecule has 1 rings (SSSR count). The number of rotatable bonds is 1. The summed E-state index contributed by atoms with van der Waals surface area (Å²) in [7, 11) is 0. The lowest BCUT2D eigenvalue weighted by molar-refractivity contribution is 0.0519. The van der Waals surface area contributed by atoms with Gasteiger partial charge in [-0.15, -0.1) is 0 Å². The van der Waals surface area contributed by atoms with Gasteiger partial charge >= 0.3 is 0 Å². The molecule has 0 aromatic rings. The van der Waals surface area contributed by atoms with E-state index < -0.39 is 0 Å². The quantitative estimate of drug-likeness (QED) is 0.634. The zero-order chi connectivity index (χ0) is 8.74. The predicted molar refractivity (Wildman–Crippen MR) is 48.6 cm³/mol. The van der Waals surface area contributed by atoms with Crippen molar-refractivity contribution in [2.45, 2.75) is 45.6 Å². The molecule has 11 heavy (non-hydrogen) atoms. The fraction of sp³-hybridized carbons (Fsp3) is 1.00. The Morgan fingerprint density at radius 3 is 2.00 bits per heavy atom. The summed E-state index contributed by atoms with van der Waals surface area (Å²) in [5.74, 6) is 0. The first-order valence-electron chi connectivity index (χ1n) is 4.63. The fourth-order valence-corrected chi connectivity index (χ4v) is 1.13. The van der Waals surface area contributed by atoms with E-state index in [1.807, 2.05) is 13.8 Å². The standard InChI is InChI=1S/C7H15NO.C2H6/c1-2-7(8)3-5-9-6-4-7;1-2/h2-6,8H2,1H3;1-2H3. The van der Waals surface area contributed by atoms with Crippen LogP contribution in [0.1, 0.15) is 40.0 Å². The molecule has 1 heterocycles.